The van der Waals surface area contributed by atoms with Crippen LogP contribution in [0.4, 0.5) is 4.39 Å². The molecule has 0 amide bonds. The van der Waals surface area contributed by atoms with Crippen molar-refractivity contribution < 1.29 is 9.13 Å². The summed E-state index contributed by atoms with van der Waals surface area (Å²) < 4.78 is 20.6. The van der Waals surface area contributed by atoms with Crippen LogP contribution in [0.1, 0.15) is 30.9 Å². The van der Waals surface area contributed by atoms with Gasteiger partial charge in [0.15, 0.2) is 0 Å². The van der Waals surface area contributed by atoms with Gasteiger partial charge in [0.2, 0.25) is 0 Å². The fourth-order valence-electron chi connectivity index (χ4n) is 2.71. The van der Waals surface area contributed by atoms with Gasteiger partial charge in [-0.15, -0.1) is 0 Å². The number of hydrogen-bond acceptors (Lipinski definition) is 3. The monoisotopic (exact) mass is 344 g/mol. The molecule has 0 bridgehead atoms. The Morgan fingerprint density at radius 3 is 2.95 bits per heavy atom. The summed E-state index contributed by atoms with van der Waals surface area (Å²) in [6.07, 6.45) is 3.65. The molecule has 1 fully saturated rings. The average molecular weight is 345 g/mol. The van der Waals surface area contributed by atoms with Crippen LogP contribution in [0.3, 0.4) is 0 Å². The van der Waals surface area contributed by atoms with Crippen molar-refractivity contribution in [3.63, 3.8) is 0 Å². The van der Waals surface area contributed by atoms with E-state index in [0.29, 0.717) is 12.1 Å². The summed E-state index contributed by atoms with van der Waals surface area (Å²) >= 11 is 3.39. The first-order chi connectivity index (χ1) is 9.61. The van der Waals surface area contributed by atoms with Gasteiger partial charge in [-0.25, -0.2) is 4.39 Å². The second-order valence-electron chi connectivity index (χ2n) is 5.35. The molecule has 1 aliphatic rings. The molecule has 2 rings (SSSR count). The van der Waals surface area contributed by atoms with Crippen LogP contribution in [0, 0.1) is 5.82 Å². The van der Waals surface area contributed by atoms with Gasteiger partial charge >= 0.3 is 0 Å². The van der Waals surface area contributed by atoms with Crippen molar-refractivity contribution in [2.45, 2.75) is 31.4 Å². The first kappa shape index (κ1) is 15.9. The van der Waals surface area contributed by atoms with Crippen LogP contribution in [0.15, 0.2) is 22.7 Å². The molecule has 0 spiro atoms. The molecule has 1 aromatic carbocycles. The summed E-state index contributed by atoms with van der Waals surface area (Å²) in [7, 11) is 1.98. The van der Waals surface area contributed by atoms with E-state index in [1.807, 2.05) is 13.1 Å². The molecule has 112 valence electrons. The summed E-state index contributed by atoms with van der Waals surface area (Å²) in [4.78, 5) is 2.10. The van der Waals surface area contributed by atoms with E-state index in [-0.39, 0.29) is 18.0 Å². The predicted molar refractivity (Wildman–Crippen MR) is 82.1 cm³/mol. The van der Waals surface area contributed by atoms with E-state index in [2.05, 4.69) is 20.8 Å². The number of nitrogens with zero attached hydrogens (tertiary/aromatic N) is 1. The normalized spacial score (nSPS) is 21.1. The molecule has 20 heavy (non-hydrogen) atoms. The highest BCUT2D eigenvalue weighted by atomic mass is 79.9. The maximum atomic E-state index is 14.0. The molecular formula is C15H22BrFN2O. The number of nitrogens with two attached hydrogens (primary N) is 1. The van der Waals surface area contributed by atoms with Gasteiger partial charge in [-0.05, 0) is 44.5 Å². The Kier molecular flexibility index (Phi) is 5.96. The van der Waals surface area contributed by atoms with Crippen molar-refractivity contribution in [1.82, 2.24) is 4.90 Å². The van der Waals surface area contributed by atoms with E-state index in [1.165, 1.54) is 12.5 Å². The minimum atomic E-state index is -0.208. The molecule has 0 saturated carbocycles. The standard InChI is InChI=1S/C15H22BrFN2O/c1-19(10-12-4-2-3-7-20-12)15(9-18)13-8-11(16)5-6-14(13)17/h5-6,8,12,15H,2-4,7,9-10,18H2,1H3. The van der Waals surface area contributed by atoms with E-state index >= 15 is 0 Å². The molecule has 3 nitrogen and oxygen atoms in total. The lowest BCUT2D eigenvalue weighted by Crippen LogP contribution is -2.38. The number of ether oxygens (including phenoxy) is 1. The molecule has 0 aromatic heterocycles. The van der Waals surface area contributed by atoms with Crippen molar-refractivity contribution in [3.05, 3.63) is 34.1 Å². The molecular weight excluding hydrogens is 323 g/mol. The molecule has 2 N–H and O–H groups in total. The van der Waals surface area contributed by atoms with Crippen LogP contribution in [0.5, 0.6) is 0 Å². The van der Waals surface area contributed by atoms with Crippen LogP contribution in [-0.4, -0.2) is 37.7 Å². The highest BCUT2D eigenvalue weighted by Gasteiger charge is 2.23. The molecule has 5 heteroatoms. The summed E-state index contributed by atoms with van der Waals surface area (Å²) in [5.41, 5.74) is 6.50. The molecule has 2 unspecified atom stereocenters. The summed E-state index contributed by atoms with van der Waals surface area (Å²) in [5.74, 6) is -0.208. The van der Waals surface area contributed by atoms with Gasteiger partial charge in [0.25, 0.3) is 0 Å². The fraction of sp³-hybridized carbons (Fsp3) is 0.600. The molecule has 2 atom stereocenters. The molecule has 1 aliphatic heterocycles. The minimum absolute atomic E-state index is 0.127. The van der Waals surface area contributed by atoms with Gasteiger partial charge < -0.3 is 10.5 Å². The maximum Gasteiger partial charge on any atom is 0.128 e. The lowest BCUT2D eigenvalue weighted by molar-refractivity contribution is -0.00800. The molecule has 1 saturated heterocycles. The minimum Gasteiger partial charge on any atom is -0.377 e. The number of likely N-dealkylation sites (N-methyl/N-ethyl adjacent to an activating group) is 1. The zero-order valence-corrected chi connectivity index (χ0v) is 13.4. The van der Waals surface area contributed by atoms with E-state index in [0.717, 1.165) is 30.5 Å². The van der Waals surface area contributed by atoms with Gasteiger partial charge in [-0.3, -0.25) is 4.90 Å². The van der Waals surface area contributed by atoms with Crippen LogP contribution in [-0.2, 0) is 4.74 Å². The van der Waals surface area contributed by atoms with E-state index in [4.69, 9.17) is 10.5 Å². The molecule has 0 radical (unpaired) electrons. The lowest BCUT2D eigenvalue weighted by Gasteiger charge is -2.32. The van der Waals surface area contributed by atoms with E-state index in [9.17, 15) is 4.39 Å². The van der Waals surface area contributed by atoms with Crippen molar-refractivity contribution in [2.75, 3.05) is 26.7 Å². The van der Waals surface area contributed by atoms with Crippen molar-refractivity contribution in [2.24, 2.45) is 5.73 Å². The van der Waals surface area contributed by atoms with E-state index < -0.39 is 0 Å². The van der Waals surface area contributed by atoms with Crippen LogP contribution in [0.25, 0.3) is 0 Å². The predicted octanol–water partition coefficient (Wildman–Crippen LogP) is 3.09. The highest BCUT2D eigenvalue weighted by molar-refractivity contribution is 9.10. The van der Waals surface area contributed by atoms with Gasteiger partial charge in [-0.1, -0.05) is 15.9 Å². The van der Waals surface area contributed by atoms with Gasteiger partial charge in [0, 0.05) is 35.8 Å². The summed E-state index contributed by atoms with van der Waals surface area (Å²) in [6.45, 7) is 2.00. The Bertz CT molecular complexity index is 438. The van der Waals surface area contributed by atoms with Crippen molar-refractivity contribution in [3.8, 4) is 0 Å². The summed E-state index contributed by atoms with van der Waals surface area (Å²) in [6, 6.07) is 4.87. The first-order valence-corrected chi connectivity index (χ1v) is 7.88. The average Bonchev–Trinajstić information content (AvgIpc) is 2.44. The van der Waals surface area contributed by atoms with Crippen LogP contribution < -0.4 is 5.73 Å². The fourth-order valence-corrected chi connectivity index (χ4v) is 3.09. The summed E-state index contributed by atoms with van der Waals surface area (Å²) in [5, 5.41) is 0. The first-order valence-electron chi connectivity index (χ1n) is 7.08. The molecule has 1 heterocycles. The second kappa shape index (κ2) is 7.50. The number of benzene rings is 1. The third-order valence-corrected chi connectivity index (χ3v) is 4.33. The highest BCUT2D eigenvalue weighted by Crippen LogP contribution is 2.26. The number of halogens is 2. The zero-order valence-electron chi connectivity index (χ0n) is 11.8. The van der Waals surface area contributed by atoms with Gasteiger partial charge in [0.05, 0.1) is 6.10 Å². The number of hydrogen-bond donors (Lipinski definition) is 1. The van der Waals surface area contributed by atoms with Crippen molar-refractivity contribution in [1.29, 1.82) is 0 Å². The Morgan fingerprint density at radius 2 is 2.30 bits per heavy atom. The van der Waals surface area contributed by atoms with E-state index in [1.54, 1.807) is 6.07 Å². The second-order valence-corrected chi connectivity index (χ2v) is 6.26. The lowest BCUT2D eigenvalue weighted by atomic mass is 10.0. The SMILES string of the molecule is CN(CC1CCCCO1)C(CN)c1cc(Br)ccc1F. The maximum absolute atomic E-state index is 14.0. The Balaban J connectivity index is 2.07. The Morgan fingerprint density at radius 1 is 1.50 bits per heavy atom. The Hall–Kier alpha value is -0.490. The van der Waals surface area contributed by atoms with Gasteiger partial charge in [0.1, 0.15) is 5.82 Å². The zero-order chi connectivity index (χ0) is 14.5. The molecule has 0 aliphatic carbocycles. The smallest absolute Gasteiger partial charge is 0.128 e. The molecule has 1 aromatic rings. The largest absolute Gasteiger partial charge is 0.377 e. The van der Waals surface area contributed by atoms with Crippen LogP contribution in [0.2, 0.25) is 0 Å². The van der Waals surface area contributed by atoms with Crippen molar-refractivity contribution >= 4 is 15.9 Å². The quantitative estimate of drug-likeness (QED) is 0.891. The third kappa shape index (κ3) is 4.01. The number of rotatable bonds is 5. The topological polar surface area (TPSA) is 38.5 Å². The van der Waals surface area contributed by atoms with Crippen LogP contribution >= 0.6 is 15.9 Å². The van der Waals surface area contributed by atoms with Gasteiger partial charge in [-0.2, -0.15) is 0 Å². The Labute approximate surface area is 128 Å². The third-order valence-electron chi connectivity index (χ3n) is 3.84.